The molecule has 2 heterocycles. The van der Waals surface area contributed by atoms with Gasteiger partial charge in [0.15, 0.2) is 0 Å². The summed E-state index contributed by atoms with van der Waals surface area (Å²) in [7, 11) is -2.73. The molecule has 0 fully saturated rings. The molecule has 80 valence electrons. The molecule has 0 saturated carbocycles. The summed E-state index contributed by atoms with van der Waals surface area (Å²) in [6.07, 6.45) is 4.08. The smallest absolute Gasteiger partial charge is 0.223 e. The lowest BCUT2D eigenvalue weighted by atomic mass is 11.3. The fraction of sp³-hybridized carbons (Fsp3) is 0.200. The second kappa shape index (κ2) is 3.58. The molecule has 10 heteroatoms. The third kappa shape index (κ3) is 1.96. The molecule has 0 aliphatic heterocycles. The van der Waals surface area contributed by atoms with Gasteiger partial charge < -0.3 is 0 Å². The van der Waals surface area contributed by atoms with Crippen LogP contribution < -0.4 is 0 Å². The first-order valence-electron chi connectivity index (χ1n) is 3.66. The lowest BCUT2D eigenvalue weighted by Gasteiger charge is -2.18. The molecular formula is C5H4F3N6P. The Morgan fingerprint density at radius 3 is 1.67 bits per heavy atom. The van der Waals surface area contributed by atoms with E-state index in [2.05, 4.69) is 20.2 Å². The van der Waals surface area contributed by atoms with E-state index in [1.54, 1.807) is 0 Å². The summed E-state index contributed by atoms with van der Waals surface area (Å²) in [5, 5.41) is 6.93. The number of halogens is 3. The highest BCUT2D eigenvalue weighted by molar-refractivity contribution is 7.55. The van der Waals surface area contributed by atoms with Crippen LogP contribution in [0.2, 0.25) is 0 Å². The summed E-state index contributed by atoms with van der Waals surface area (Å²) in [6.45, 7) is 0. The molecule has 0 atom stereocenters. The van der Waals surface area contributed by atoms with E-state index in [0.717, 1.165) is 34.2 Å². The van der Waals surface area contributed by atoms with E-state index in [0.29, 0.717) is 0 Å². The Labute approximate surface area is 82.6 Å². The van der Waals surface area contributed by atoms with Crippen LogP contribution in [0.5, 0.6) is 0 Å². The highest BCUT2D eigenvalue weighted by Gasteiger charge is 2.45. The fourth-order valence-electron chi connectivity index (χ4n) is 0.926. The summed E-state index contributed by atoms with van der Waals surface area (Å²) in [5.74, 6) is -4.45. The molecule has 2 aromatic rings. The number of hydrogen-bond acceptors (Lipinski definition) is 4. The fourth-order valence-corrected chi connectivity index (χ4v) is 2.18. The zero-order chi connectivity index (χ0) is 10.9. The maximum absolute atomic E-state index is 12.7. The molecule has 6 nitrogen and oxygen atoms in total. The van der Waals surface area contributed by atoms with E-state index in [1.807, 2.05) is 0 Å². The van der Waals surface area contributed by atoms with E-state index < -0.39 is 14.1 Å². The van der Waals surface area contributed by atoms with E-state index >= 15 is 0 Å². The van der Waals surface area contributed by atoms with Gasteiger partial charge in [-0.15, -0.1) is 0 Å². The van der Waals surface area contributed by atoms with Crippen LogP contribution in [0, 0.1) is 0 Å². The van der Waals surface area contributed by atoms with Crippen molar-refractivity contribution in [2.45, 2.75) is 5.92 Å². The second-order valence-electron chi connectivity index (χ2n) is 2.39. The predicted octanol–water partition coefficient (Wildman–Crippen LogP) is 1.10. The zero-order valence-electron chi connectivity index (χ0n) is 7.07. The maximum Gasteiger partial charge on any atom is 0.448 e. The van der Waals surface area contributed by atoms with Crippen LogP contribution in [0.15, 0.2) is 25.3 Å². The average molecular weight is 236 g/mol. The number of hydrogen-bond donors (Lipinski definition) is 0. The molecule has 0 amide bonds. The molecular weight excluding hydrogens is 232 g/mol. The van der Waals surface area contributed by atoms with Gasteiger partial charge in [-0.3, -0.25) is 0 Å². The SMILES string of the molecule is FC(F)(F)P(n1cncn1)n1cncn1. The Balaban J connectivity index is 2.42. The quantitative estimate of drug-likeness (QED) is 0.732. The van der Waals surface area contributed by atoms with Crippen LogP contribution in [0.25, 0.3) is 0 Å². The normalized spacial score (nSPS) is 12.3. The predicted molar refractivity (Wildman–Crippen MR) is 43.8 cm³/mol. The van der Waals surface area contributed by atoms with Gasteiger partial charge in [-0.25, -0.2) is 18.9 Å². The van der Waals surface area contributed by atoms with Gasteiger partial charge in [0, 0.05) is 0 Å². The van der Waals surface area contributed by atoms with Crippen LogP contribution in [-0.2, 0) is 0 Å². The molecule has 0 aromatic carbocycles. The zero-order valence-corrected chi connectivity index (χ0v) is 7.97. The van der Waals surface area contributed by atoms with E-state index in [9.17, 15) is 13.2 Å². The summed E-state index contributed by atoms with van der Waals surface area (Å²) in [5.41, 5.74) is 0. The largest absolute Gasteiger partial charge is 0.448 e. The Kier molecular flexibility index (Phi) is 2.39. The number of alkyl halides is 3. The maximum atomic E-state index is 12.7. The molecule has 0 unspecified atom stereocenters. The van der Waals surface area contributed by atoms with Crippen LogP contribution >= 0.6 is 8.22 Å². The van der Waals surface area contributed by atoms with Gasteiger partial charge in [0.05, 0.1) is 0 Å². The first-order chi connectivity index (χ1) is 7.09. The molecule has 15 heavy (non-hydrogen) atoms. The van der Waals surface area contributed by atoms with Gasteiger partial charge in [0.2, 0.25) is 0 Å². The van der Waals surface area contributed by atoms with Gasteiger partial charge in [-0.05, 0) is 0 Å². The van der Waals surface area contributed by atoms with Crippen molar-refractivity contribution < 1.29 is 13.2 Å². The Morgan fingerprint density at radius 2 is 1.40 bits per heavy atom. The van der Waals surface area contributed by atoms with E-state index in [-0.39, 0.29) is 0 Å². The van der Waals surface area contributed by atoms with Crippen molar-refractivity contribution in [2.24, 2.45) is 0 Å². The lowest BCUT2D eigenvalue weighted by Crippen LogP contribution is -2.17. The van der Waals surface area contributed by atoms with Gasteiger partial charge in [-0.2, -0.15) is 23.4 Å². The topological polar surface area (TPSA) is 61.4 Å². The molecule has 0 aliphatic carbocycles. The van der Waals surface area contributed by atoms with Crippen molar-refractivity contribution in [2.75, 3.05) is 0 Å². The van der Waals surface area contributed by atoms with Crippen molar-refractivity contribution >= 4 is 8.22 Å². The van der Waals surface area contributed by atoms with Crippen LogP contribution in [0.1, 0.15) is 0 Å². The highest BCUT2D eigenvalue weighted by Crippen LogP contribution is 2.53. The molecule has 0 N–H and O–H groups in total. The average Bonchev–Trinajstić information content (AvgIpc) is 2.73. The Hall–Kier alpha value is -1.50. The second-order valence-corrected chi connectivity index (χ2v) is 4.29. The minimum atomic E-state index is -4.45. The molecule has 2 rings (SSSR count). The summed E-state index contributed by atoms with van der Waals surface area (Å²) in [4.78, 5) is 6.95. The first-order valence-corrected chi connectivity index (χ1v) is 4.90. The Morgan fingerprint density at radius 1 is 0.933 bits per heavy atom. The van der Waals surface area contributed by atoms with Crippen molar-refractivity contribution in [3.05, 3.63) is 25.3 Å². The monoisotopic (exact) mass is 236 g/mol. The molecule has 0 bridgehead atoms. The summed E-state index contributed by atoms with van der Waals surface area (Å²) >= 11 is 0. The van der Waals surface area contributed by atoms with Crippen LogP contribution in [0.3, 0.4) is 0 Å². The number of aromatic nitrogens is 6. The van der Waals surface area contributed by atoms with E-state index in [1.165, 1.54) is 0 Å². The minimum absolute atomic E-state index is 0.726. The van der Waals surface area contributed by atoms with Crippen molar-refractivity contribution in [1.29, 1.82) is 0 Å². The molecule has 2 aromatic heterocycles. The molecule has 0 saturated heterocycles. The Bertz CT molecular complexity index is 374. The highest BCUT2D eigenvalue weighted by atomic mass is 31.1. The van der Waals surface area contributed by atoms with Crippen molar-refractivity contribution in [3.8, 4) is 0 Å². The first kappa shape index (κ1) is 10.0. The van der Waals surface area contributed by atoms with Gasteiger partial charge >= 0.3 is 5.92 Å². The minimum Gasteiger partial charge on any atom is -0.223 e. The van der Waals surface area contributed by atoms with Gasteiger partial charge in [0.1, 0.15) is 25.3 Å². The van der Waals surface area contributed by atoms with Crippen molar-refractivity contribution in [3.63, 3.8) is 0 Å². The lowest BCUT2D eigenvalue weighted by molar-refractivity contribution is -0.0429. The third-order valence-corrected chi connectivity index (χ3v) is 3.07. The van der Waals surface area contributed by atoms with Gasteiger partial charge in [-0.1, -0.05) is 0 Å². The standard InChI is InChI=1S/C5H4F3N6P/c6-5(7,8)15(13-3-9-1-11-13)14-4-10-2-12-14/h1-4H. The van der Waals surface area contributed by atoms with E-state index in [4.69, 9.17) is 0 Å². The molecule has 0 radical (unpaired) electrons. The molecule has 0 spiro atoms. The van der Waals surface area contributed by atoms with Crippen LogP contribution in [0.4, 0.5) is 13.2 Å². The van der Waals surface area contributed by atoms with Crippen LogP contribution in [-0.4, -0.2) is 35.0 Å². The third-order valence-electron chi connectivity index (χ3n) is 1.43. The van der Waals surface area contributed by atoms with Crippen molar-refractivity contribution in [1.82, 2.24) is 29.1 Å². The number of nitrogens with zero attached hydrogens (tertiary/aromatic N) is 6. The molecule has 0 aliphatic rings. The summed E-state index contributed by atoms with van der Waals surface area (Å²) < 4.78 is 39.5. The van der Waals surface area contributed by atoms with Gasteiger partial charge in [0.25, 0.3) is 8.22 Å². The summed E-state index contributed by atoms with van der Waals surface area (Å²) in [6, 6.07) is 0. The number of rotatable bonds is 2.